The molecule has 0 bridgehead atoms. The molecule has 0 aliphatic heterocycles. The minimum absolute atomic E-state index is 0.155. The fourth-order valence-electron chi connectivity index (χ4n) is 3.08. The van der Waals surface area contributed by atoms with Gasteiger partial charge in [-0.15, -0.1) is 0 Å². The lowest BCUT2D eigenvalue weighted by molar-refractivity contribution is -0.393. The second kappa shape index (κ2) is 8.36. The van der Waals surface area contributed by atoms with Gasteiger partial charge in [-0.3, -0.25) is 25.7 Å². The number of non-ortho nitro benzene ring substituents is 1. The molecule has 0 aromatic heterocycles. The molecule has 1 aromatic rings. The summed E-state index contributed by atoms with van der Waals surface area (Å²) in [6, 6.07) is 3.50. The monoisotopic (exact) mass is 346 g/mol. The maximum atomic E-state index is 11.2. The number of allylic oxidation sites excluding steroid dienone is 2. The third kappa shape index (κ3) is 4.40. The molecule has 25 heavy (non-hydrogen) atoms. The van der Waals surface area contributed by atoms with Crippen molar-refractivity contribution in [1.29, 1.82) is 0 Å². The van der Waals surface area contributed by atoms with E-state index in [1.54, 1.807) is 0 Å². The molecule has 1 saturated carbocycles. The summed E-state index contributed by atoms with van der Waals surface area (Å²) in [4.78, 5) is 20.7. The van der Waals surface area contributed by atoms with Crippen LogP contribution in [-0.2, 0) is 0 Å². The highest BCUT2D eigenvalue weighted by Crippen LogP contribution is 2.31. The van der Waals surface area contributed by atoms with Gasteiger partial charge in [0.1, 0.15) is 5.69 Å². The summed E-state index contributed by atoms with van der Waals surface area (Å²) in [5.41, 5.74) is 5.79. The molecule has 0 saturated heterocycles. The van der Waals surface area contributed by atoms with E-state index in [0.717, 1.165) is 50.3 Å². The average Bonchev–Trinajstić information content (AvgIpc) is 3.05. The number of hydrogen-bond donors (Lipinski definition) is 1. The first-order chi connectivity index (χ1) is 12.0. The molecule has 1 aliphatic rings. The van der Waals surface area contributed by atoms with Crippen LogP contribution in [0.3, 0.4) is 0 Å². The predicted octanol–water partition coefficient (Wildman–Crippen LogP) is 4.96. The van der Waals surface area contributed by atoms with Gasteiger partial charge >= 0.3 is 5.69 Å². The van der Waals surface area contributed by atoms with Gasteiger partial charge in [0.2, 0.25) is 0 Å². The van der Waals surface area contributed by atoms with Crippen molar-refractivity contribution in [2.45, 2.75) is 52.4 Å². The Morgan fingerprint density at radius 3 is 2.56 bits per heavy atom. The Bertz CT molecular complexity index is 740. The van der Waals surface area contributed by atoms with Crippen LogP contribution in [0.4, 0.5) is 17.1 Å². The number of nitrogens with one attached hydrogen (secondary N) is 1. The SMILES string of the molecule is CCC/C(CC)=C1\CCC\C1=N/Nc1ccc([N+](=O)[O-])cc1[N+](=O)[O-]. The lowest BCUT2D eigenvalue weighted by atomic mass is 9.99. The summed E-state index contributed by atoms with van der Waals surface area (Å²) in [5.74, 6) is 0. The van der Waals surface area contributed by atoms with E-state index in [1.165, 1.54) is 23.3 Å². The minimum atomic E-state index is -0.654. The lowest BCUT2D eigenvalue weighted by Gasteiger charge is -2.10. The predicted molar refractivity (Wildman–Crippen MR) is 96.9 cm³/mol. The summed E-state index contributed by atoms with van der Waals surface area (Å²) < 4.78 is 0. The Morgan fingerprint density at radius 1 is 1.20 bits per heavy atom. The zero-order valence-electron chi connectivity index (χ0n) is 14.4. The van der Waals surface area contributed by atoms with Crippen LogP contribution in [0, 0.1) is 20.2 Å². The van der Waals surface area contributed by atoms with Crippen molar-refractivity contribution in [2.24, 2.45) is 5.10 Å². The first-order valence-electron chi connectivity index (χ1n) is 8.44. The van der Waals surface area contributed by atoms with E-state index >= 15 is 0 Å². The highest BCUT2D eigenvalue weighted by Gasteiger charge is 2.21. The molecular formula is C17H22N4O4. The van der Waals surface area contributed by atoms with Crippen molar-refractivity contribution in [1.82, 2.24) is 0 Å². The van der Waals surface area contributed by atoms with Crippen LogP contribution in [0.5, 0.6) is 0 Å². The van der Waals surface area contributed by atoms with Gasteiger partial charge in [0.15, 0.2) is 0 Å². The summed E-state index contributed by atoms with van der Waals surface area (Å²) in [5, 5.41) is 26.4. The number of nitrogens with zero attached hydrogens (tertiary/aromatic N) is 3. The summed E-state index contributed by atoms with van der Waals surface area (Å²) >= 11 is 0. The number of hydrogen-bond acceptors (Lipinski definition) is 6. The number of nitro groups is 2. The summed E-state index contributed by atoms with van der Waals surface area (Å²) in [7, 11) is 0. The molecule has 1 N–H and O–H groups in total. The van der Waals surface area contributed by atoms with Crippen molar-refractivity contribution < 1.29 is 9.85 Å². The van der Waals surface area contributed by atoms with Gasteiger partial charge in [-0.1, -0.05) is 25.8 Å². The first-order valence-corrected chi connectivity index (χ1v) is 8.44. The molecule has 8 nitrogen and oxygen atoms in total. The van der Waals surface area contributed by atoms with Gasteiger partial charge < -0.3 is 0 Å². The lowest BCUT2D eigenvalue weighted by Crippen LogP contribution is -2.04. The van der Waals surface area contributed by atoms with Gasteiger partial charge in [0.25, 0.3) is 5.69 Å². The normalized spacial score (nSPS) is 17.6. The molecule has 0 radical (unpaired) electrons. The maximum absolute atomic E-state index is 11.2. The van der Waals surface area contributed by atoms with Gasteiger partial charge in [-0.2, -0.15) is 5.10 Å². The van der Waals surface area contributed by atoms with E-state index in [0.29, 0.717) is 0 Å². The average molecular weight is 346 g/mol. The molecule has 0 spiro atoms. The first kappa shape index (κ1) is 18.6. The number of benzene rings is 1. The van der Waals surface area contributed by atoms with Crippen molar-refractivity contribution in [3.05, 3.63) is 49.6 Å². The van der Waals surface area contributed by atoms with Crippen LogP contribution in [0.1, 0.15) is 52.4 Å². The van der Waals surface area contributed by atoms with Crippen molar-refractivity contribution in [2.75, 3.05) is 5.43 Å². The molecule has 8 heteroatoms. The Labute approximate surface area is 145 Å². The van der Waals surface area contributed by atoms with E-state index in [2.05, 4.69) is 24.4 Å². The van der Waals surface area contributed by atoms with E-state index in [-0.39, 0.29) is 17.1 Å². The van der Waals surface area contributed by atoms with Crippen LogP contribution in [0.25, 0.3) is 0 Å². The number of anilines is 1. The minimum Gasteiger partial charge on any atom is -0.271 e. The summed E-state index contributed by atoms with van der Waals surface area (Å²) in [6.07, 6.45) is 5.90. The van der Waals surface area contributed by atoms with Crippen LogP contribution in [0.2, 0.25) is 0 Å². The smallest absolute Gasteiger partial charge is 0.271 e. The largest absolute Gasteiger partial charge is 0.301 e. The van der Waals surface area contributed by atoms with Crippen molar-refractivity contribution in [3.63, 3.8) is 0 Å². The molecule has 2 rings (SSSR count). The van der Waals surface area contributed by atoms with E-state index in [1.807, 2.05) is 0 Å². The Hall–Kier alpha value is -2.77. The Kier molecular flexibility index (Phi) is 6.21. The van der Waals surface area contributed by atoms with Crippen LogP contribution in [0.15, 0.2) is 34.4 Å². The second-order valence-corrected chi connectivity index (χ2v) is 5.93. The standard InChI is InChI=1S/C17H22N4O4/c1-3-6-12(4-2)14-7-5-8-15(14)18-19-16-10-9-13(20(22)23)11-17(16)21(24)25/h9-11,19H,3-8H2,1-2H3/b14-12+,18-15+. The zero-order chi connectivity index (χ0) is 18.4. The Morgan fingerprint density at radius 2 is 1.96 bits per heavy atom. The number of nitro benzene ring substituents is 2. The highest BCUT2D eigenvalue weighted by molar-refractivity contribution is 6.03. The third-order valence-electron chi connectivity index (χ3n) is 4.29. The highest BCUT2D eigenvalue weighted by atomic mass is 16.6. The fourth-order valence-corrected chi connectivity index (χ4v) is 3.08. The number of hydrazone groups is 1. The van der Waals surface area contributed by atoms with Crippen molar-refractivity contribution in [3.8, 4) is 0 Å². The molecule has 0 unspecified atom stereocenters. The fraction of sp³-hybridized carbons (Fsp3) is 0.471. The third-order valence-corrected chi connectivity index (χ3v) is 4.29. The topological polar surface area (TPSA) is 111 Å². The molecule has 0 atom stereocenters. The molecule has 0 amide bonds. The molecule has 1 aromatic carbocycles. The van der Waals surface area contributed by atoms with Gasteiger partial charge in [0, 0.05) is 6.07 Å². The summed E-state index contributed by atoms with van der Waals surface area (Å²) in [6.45, 7) is 4.27. The van der Waals surface area contributed by atoms with Crippen molar-refractivity contribution >= 4 is 22.8 Å². The number of rotatable bonds is 7. The quantitative estimate of drug-likeness (QED) is 0.554. The van der Waals surface area contributed by atoms with E-state index < -0.39 is 9.85 Å². The van der Waals surface area contributed by atoms with E-state index in [4.69, 9.17) is 0 Å². The maximum Gasteiger partial charge on any atom is 0.301 e. The van der Waals surface area contributed by atoms with Gasteiger partial charge in [0.05, 0.1) is 21.6 Å². The Balaban J connectivity index is 2.31. The zero-order valence-corrected chi connectivity index (χ0v) is 14.4. The molecule has 134 valence electrons. The molecule has 1 aliphatic carbocycles. The molecule has 0 heterocycles. The van der Waals surface area contributed by atoms with Crippen LogP contribution >= 0.6 is 0 Å². The van der Waals surface area contributed by atoms with Gasteiger partial charge in [-0.25, -0.2) is 0 Å². The molecule has 1 fully saturated rings. The van der Waals surface area contributed by atoms with Crippen LogP contribution in [-0.4, -0.2) is 15.6 Å². The van der Waals surface area contributed by atoms with Crippen LogP contribution < -0.4 is 5.43 Å². The molecular weight excluding hydrogens is 324 g/mol. The van der Waals surface area contributed by atoms with E-state index in [9.17, 15) is 20.2 Å². The van der Waals surface area contributed by atoms with Gasteiger partial charge in [-0.05, 0) is 43.7 Å². The second-order valence-electron chi connectivity index (χ2n) is 5.93.